The van der Waals surface area contributed by atoms with Crippen molar-refractivity contribution in [2.45, 2.75) is 52.4 Å². The molecule has 0 bridgehead atoms. The highest BCUT2D eigenvalue weighted by atomic mass is 16.2. The molecular weight excluding hydrogens is 554 g/mol. The average molecular weight is 602 g/mol. The first-order valence-electron chi connectivity index (χ1n) is 16.1. The van der Waals surface area contributed by atoms with Crippen LogP contribution in [0, 0.1) is 35.5 Å². The number of aryl methyl sites for hydroxylation is 1. The van der Waals surface area contributed by atoms with Crippen molar-refractivity contribution in [1.29, 1.82) is 0 Å². The number of aliphatic hydroxyl groups is 1. The Morgan fingerprint density at radius 2 is 1.68 bits per heavy atom. The van der Waals surface area contributed by atoms with Gasteiger partial charge in [0.15, 0.2) is 18.2 Å². The summed E-state index contributed by atoms with van der Waals surface area (Å²) < 4.78 is 1.76. The zero-order valence-electron chi connectivity index (χ0n) is 26.7. The van der Waals surface area contributed by atoms with Gasteiger partial charge in [-0.05, 0) is 98.4 Å². The molecule has 10 nitrogen and oxygen atoms in total. The number of anilines is 2. The molecule has 1 N–H and O–H groups in total. The SMILES string of the molecule is CN1CC2CN(c3cccc(C=O)n3)CC2C1.CO.Cc1cc(N2CCC(C)(C3CC4(CCC4)C3)C2)cn2nc(C=O)nc12. The van der Waals surface area contributed by atoms with Crippen LogP contribution >= 0.6 is 0 Å². The summed E-state index contributed by atoms with van der Waals surface area (Å²) in [7, 11) is 3.19. The van der Waals surface area contributed by atoms with Crippen LogP contribution < -0.4 is 9.80 Å². The van der Waals surface area contributed by atoms with E-state index in [1.807, 2.05) is 25.3 Å². The molecule has 3 aliphatic heterocycles. The lowest BCUT2D eigenvalue weighted by Gasteiger charge is -2.58. The Morgan fingerprint density at radius 1 is 0.955 bits per heavy atom. The van der Waals surface area contributed by atoms with Crippen molar-refractivity contribution in [3.63, 3.8) is 0 Å². The lowest BCUT2D eigenvalue weighted by molar-refractivity contribution is -0.0744. The van der Waals surface area contributed by atoms with Crippen LogP contribution in [0.3, 0.4) is 0 Å². The number of hydrogen-bond acceptors (Lipinski definition) is 9. The third kappa shape index (κ3) is 5.74. The van der Waals surface area contributed by atoms with Gasteiger partial charge in [-0.25, -0.2) is 14.5 Å². The van der Waals surface area contributed by atoms with Crippen molar-refractivity contribution in [2.75, 3.05) is 63.2 Å². The van der Waals surface area contributed by atoms with E-state index in [-0.39, 0.29) is 5.82 Å². The summed E-state index contributed by atoms with van der Waals surface area (Å²) in [5.41, 5.74) is 4.77. The Labute approximate surface area is 260 Å². The van der Waals surface area contributed by atoms with E-state index in [1.54, 1.807) is 10.6 Å². The first-order valence-corrected chi connectivity index (χ1v) is 16.1. The van der Waals surface area contributed by atoms with Gasteiger partial charge in [-0.1, -0.05) is 19.4 Å². The number of nitrogens with zero attached hydrogens (tertiary/aromatic N) is 7. The molecule has 0 amide bonds. The van der Waals surface area contributed by atoms with Gasteiger partial charge >= 0.3 is 0 Å². The highest BCUT2D eigenvalue weighted by Gasteiger charge is 2.55. The maximum Gasteiger partial charge on any atom is 0.214 e. The summed E-state index contributed by atoms with van der Waals surface area (Å²) in [5.74, 6) is 3.64. The number of likely N-dealkylation sites (tertiary alicyclic amines) is 1. The van der Waals surface area contributed by atoms with E-state index in [4.69, 9.17) is 5.11 Å². The number of pyridine rings is 2. The topological polar surface area (TPSA) is 107 Å². The van der Waals surface area contributed by atoms with Gasteiger partial charge in [0.05, 0.1) is 11.9 Å². The Hall–Kier alpha value is -3.37. The summed E-state index contributed by atoms with van der Waals surface area (Å²) >= 11 is 0. The molecule has 2 saturated carbocycles. The summed E-state index contributed by atoms with van der Waals surface area (Å²) in [6.07, 6.45) is 12.2. The van der Waals surface area contributed by atoms with Crippen LogP contribution in [0.15, 0.2) is 30.5 Å². The number of fused-ring (bicyclic) bond motifs is 2. The van der Waals surface area contributed by atoms with Gasteiger partial charge in [-0.2, -0.15) is 0 Å². The molecule has 3 aromatic rings. The third-order valence-corrected chi connectivity index (χ3v) is 11.2. The largest absolute Gasteiger partial charge is 0.400 e. The number of carbonyl (C=O) groups excluding carboxylic acids is 2. The standard InChI is InChI=1S/C20H26N4O.C13H17N3O.CH4O/c1-14-8-16(11-24-18(14)21-17(12-25)22-24)23-7-6-19(2,13-23)15-9-20(10-15)4-3-5-20;1-15-5-10-7-16(8-11(10)6-15)13-4-2-3-12(9-17)14-13;1-2/h8,11-12,15H,3-7,9-10,13H2,1-2H3;2-4,9-11H,5-8H2,1H3;2H,1H3. The van der Waals surface area contributed by atoms with Gasteiger partial charge in [0, 0.05) is 46.4 Å². The highest BCUT2D eigenvalue weighted by Crippen LogP contribution is 2.64. The van der Waals surface area contributed by atoms with E-state index >= 15 is 0 Å². The minimum Gasteiger partial charge on any atom is -0.400 e. The fourth-order valence-corrected chi connectivity index (χ4v) is 8.57. The monoisotopic (exact) mass is 601 g/mol. The normalized spacial score (nSPS) is 27.2. The van der Waals surface area contributed by atoms with E-state index in [0.29, 0.717) is 17.4 Å². The van der Waals surface area contributed by atoms with Crippen LogP contribution in [0.2, 0.25) is 0 Å². The molecule has 44 heavy (non-hydrogen) atoms. The Balaban J connectivity index is 0.000000158. The molecule has 8 rings (SSSR count). The quantitative estimate of drug-likeness (QED) is 0.432. The van der Waals surface area contributed by atoms with Crippen LogP contribution in [0.5, 0.6) is 0 Å². The molecule has 0 radical (unpaired) electrons. The Bertz CT molecular complexity index is 1480. The summed E-state index contributed by atoms with van der Waals surface area (Å²) in [6.45, 7) is 11.3. The molecule has 10 heteroatoms. The van der Waals surface area contributed by atoms with Crippen LogP contribution in [0.4, 0.5) is 11.5 Å². The number of aliphatic hydroxyl groups excluding tert-OH is 1. The van der Waals surface area contributed by atoms with Crippen molar-refractivity contribution in [3.8, 4) is 0 Å². The van der Waals surface area contributed by atoms with Gasteiger partial charge in [-0.3, -0.25) is 9.59 Å². The molecule has 5 aliphatic rings. The van der Waals surface area contributed by atoms with Gasteiger partial charge in [0.2, 0.25) is 5.82 Å². The van der Waals surface area contributed by atoms with Crippen molar-refractivity contribution >= 4 is 29.7 Å². The molecule has 3 atom stereocenters. The van der Waals surface area contributed by atoms with Crippen LogP contribution in [0.25, 0.3) is 5.65 Å². The summed E-state index contributed by atoms with van der Waals surface area (Å²) in [5, 5.41) is 11.3. The zero-order valence-corrected chi connectivity index (χ0v) is 26.7. The van der Waals surface area contributed by atoms with Gasteiger partial charge in [0.1, 0.15) is 11.5 Å². The summed E-state index contributed by atoms with van der Waals surface area (Å²) in [4.78, 5) is 37.5. The third-order valence-electron chi connectivity index (χ3n) is 11.2. The van der Waals surface area contributed by atoms with E-state index in [0.717, 1.165) is 79.8 Å². The molecule has 0 aromatic carbocycles. The molecule has 1 spiro atoms. The first-order chi connectivity index (χ1) is 21.3. The second-order valence-electron chi connectivity index (χ2n) is 14.2. The molecule has 236 valence electrons. The van der Waals surface area contributed by atoms with E-state index in [1.165, 1.54) is 57.3 Å². The smallest absolute Gasteiger partial charge is 0.214 e. The number of rotatable bonds is 5. The minimum atomic E-state index is 0.256. The molecule has 3 unspecified atom stereocenters. The van der Waals surface area contributed by atoms with Crippen LogP contribution in [0.1, 0.15) is 72.1 Å². The molecule has 3 aromatic heterocycles. The fourth-order valence-electron chi connectivity index (χ4n) is 8.57. The predicted octanol–water partition coefficient (Wildman–Crippen LogP) is 4.15. The number of aldehydes is 2. The molecule has 2 aliphatic carbocycles. The summed E-state index contributed by atoms with van der Waals surface area (Å²) in [6, 6.07) is 7.85. The predicted molar refractivity (Wildman–Crippen MR) is 172 cm³/mol. The lowest BCUT2D eigenvalue weighted by Crippen LogP contribution is -2.49. The van der Waals surface area contributed by atoms with Gasteiger partial charge < -0.3 is 19.8 Å². The second-order valence-corrected chi connectivity index (χ2v) is 14.2. The fraction of sp³-hybridized carbons (Fsp3) is 0.618. The zero-order chi connectivity index (χ0) is 31.1. The highest BCUT2D eigenvalue weighted by molar-refractivity contribution is 5.72. The number of aromatic nitrogens is 4. The van der Waals surface area contributed by atoms with Crippen molar-refractivity contribution in [1.82, 2.24) is 24.5 Å². The van der Waals surface area contributed by atoms with Gasteiger partial charge in [0.25, 0.3) is 0 Å². The van der Waals surface area contributed by atoms with Gasteiger partial charge in [-0.15, -0.1) is 5.10 Å². The second kappa shape index (κ2) is 12.2. The van der Waals surface area contributed by atoms with E-state index in [2.05, 4.69) is 49.8 Å². The molecule has 6 heterocycles. The van der Waals surface area contributed by atoms with Crippen molar-refractivity contribution < 1.29 is 14.7 Å². The maximum absolute atomic E-state index is 11.0. The molecular formula is C34H47N7O3. The van der Waals surface area contributed by atoms with E-state index in [9.17, 15) is 9.59 Å². The lowest BCUT2D eigenvalue weighted by atomic mass is 9.47. The van der Waals surface area contributed by atoms with E-state index < -0.39 is 0 Å². The minimum absolute atomic E-state index is 0.256. The Kier molecular flexibility index (Phi) is 8.50. The van der Waals surface area contributed by atoms with Crippen LogP contribution in [-0.2, 0) is 0 Å². The average Bonchev–Trinajstić information content (AvgIpc) is 3.75. The number of carbonyl (C=O) groups is 2. The first kappa shape index (κ1) is 30.6. The van der Waals surface area contributed by atoms with Crippen molar-refractivity contribution in [3.05, 3.63) is 47.5 Å². The number of hydrogen-bond donors (Lipinski definition) is 1. The van der Waals surface area contributed by atoms with Crippen molar-refractivity contribution in [2.24, 2.45) is 28.6 Å². The maximum atomic E-state index is 11.0. The Morgan fingerprint density at radius 3 is 2.32 bits per heavy atom. The molecule has 5 fully saturated rings. The van der Waals surface area contributed by atoms with Crippen LogP contribution in [-0.4, -0.2) is 95.6 Å². The molecule has 3 saturated heterocycles.